The maximum Gasteiger partial charge on any atom is 0.373 e. The molecule has 334 valence electrons. The summed E-state index contributed by atoms with van der Waals surface area (Å²) in [5.74, 6) is -0.787. The summed E-state index contributed by atoms with van der Waals surface area (Å²) in [5, 5.41) is 22.5. The van der Waals surface area contributed by atoms with Gasteiger partial charge in [0.15, 0.2) is 0 Å². The lowest BCUT2D eigenvalue weighted by atomic mass is 9.95. The molecule has 0 radical (unpaired) electrons. The minimum atomic E-state index is -0.845. The normalized spacial score (nSPS) is 15.4. The number of esters is 3. The van der Waals surface area contributed by atoms with Gasteiger partial charge in [0.2, 0.25) is 0 Å². The Balaban J connectivity index is 0.00000401. The van der Waals surface area contributed by atoms with E-state index in [1.807, 2.05) is 31.7 Å². The smallest absolute Gasteiger partial charge is 0.373 e. The summed E-state index contributed by atoms with van der Waals surface area (Å²) in [4.78, 5) is 70.8. The number of methoxy groups -OCH3 is 1. The number of rotatable bonds is 16. The van der Waals surface area contributed by atoms with Gasteiger partial charge in [-0.25, -0.2) is 0 Å². The third-order valence-corrected chi connectivity index (χ3v) is 8.21. The highest BCUT2D eigenvalue weighted by atomic mass is 16.6. The van der Waals surface area contributed by atoms with E-state index in [1.54, 1.807) is 60.8 Å². The first-order valence-corrected chi connectivity index (χ1v) is 19.7. The summed E-state index contributed by atoms with van der Waals surface area (Å²) in [6, 6.07) is 7.89. The fourth-order valence-electron chi connectivity index (χ4n) is 6.32. The van der Waals surface area contributed by atoms with Crippen LogP contribution >= 0.6 is 0 Å². The molecule has 0 saturated heterocycles. The van der Waals surface area contributed by atoms with Crippen LogP contribution in [-0.2, 0) is 44.8 Å². The summed E-state index contributed by atoms with van der Waals surface area (Å²) < 4.78 is 35.8. The van der Waals surface area contributed by atoms with Crippen molar-refractivity contribution in [2.24, 2.45) is 5.41 Å². The van der Waals surface area contributed by atoms with Crippen LogP contribution in [0.5, 0.6) is 17.2 Å². The van der Waals surface area contributed by atoms with Crippen LogP contribution in [0, 0.1) is 15.5 Å². The fourth-order valence-corrected chi connectivity index (χ4v) is 6.32. The highest BCUT2D eigenvalue weighted by Gasteiger charge is 2.36. The van der Waals surface area contributed by atoms with Crippen LogP contribution in [0.4, 0.5) is 17.1 Å². The summed E-state index contributed by atoms with van der Waals surface area (Å²) in [6.07, 6.45) is 0.751. The molecule has 0 heterocycles. The molecule has 1 N–H and O–H groups in total. The predicted octanol–water partition coefficient (Wildman–Crippen LogP) is 6.58. The maximum atomic E-state index is 13.2. The van der Waals surface area contributed by atoms with Gasteiger partial charge in [-0.05, 0) is 105 Å². The minimum Gasteiger partial charge on any atom is -0.497 e. The van der Waals surface area contributed by atoms with Crippen molar-refractivity contribution in [1.29, 1.82) is 0 Å². The number of hydrogen-bond donors (Lipinski definition) is 1. The van der Waals surface area contributed by atoms with E-state index in [2.05, 4.69) is 20.8 Å². The van der Waals surface area contributed by atoms with Crippen molar-refractivity contribution in [3.8, 4) is 17.2 Å². The molecule has 17 heteroatoms. The Morgan fingerprint density at radius 1 is 0.733 bits per heavy atom. The lowest BCUT2D eigenvalue weighted by Gasteiger charge is -2.34. The third kappa shape index (κ3) is 17.4. The van der Waals surface area contributed by atoms with Gasteiger partial charge in [-0.15, -0.1) is 0 Å². The van der Waals surface area contributed by atoms with E-state index in [1.165, 1.54) is 17.0 Å². The Morgan fingerprint density at radius 3 is 1.55 bits per heavy atom. The molecule has 0 bridgehead atoms. The second-order valence-electron chi connectivity index (χ2n) is 18.6. The Hall–Kier alpha value is -5.41. The van der Waals surface area contributed by atoms with E-state index in [0.717, 1.165) is 0 Å². The Kier molecular flexibility index (Phi) is 17.9. The van der Waals surface area contributed by atoms with Crippen molar-refractivity contribution in [3.63, 3.8) is 0 Å². The van der Waals surface area contributed by atoms with Crippen LogP contribution in [0.2, 0.25) is 0 Å². The SMILES string of the molecule is COc1ccc(N(CC(=O)OC(C)(C)C)CC(C)(C)C)c(O[C@@H]2CCC[C@@H]2Oc2cc([N+](=O)[O-])c(CO)cc2N(CC(=O)OC(C)(C)C)CC(=O)OC(C)(C)C)c1.O=C=O. The van der Waals surface area contributed by atoms with Crippen molar-refractivity contribution < 1.29 is 62.4 Å². The third-order valence-electron chi connectivity index (χ3n) is 8.21. The van der Waals surface area contributed by atoms with Crippen molar-refractivity contribution in [2.75, 3.05) is 43.1 Å². The Morgan fingerprint density at radius 2 is 1.17 bits per heavy atom. The number of carbonyl (C=O) groups is 3. The molecule has 17 nitrogen and oxygen atoms in total. The summed E-state index contributed by atoms with van der Waals surface area (Å²) in [5.41, 5.74) is -2.29. The van der Waals surface area contributed by atoms with Gasteiger partial charge in [0.25, 0.3) is 5.69 Å². The molecule has 3 rings (SSSR count). The Bertz CT molecular complexity index is 1800. The summed E-state index contributed by atoms with van der Waals surface area (Å²) >= 11 is 0. The van der Waals surface area contributed by atoms with Gasteiger partial charge >= 0.3 is 24.1 Å². The average Bonchev–Trinajstić information content (AvgIpc) is 3.50. The zero-order valence-electron chi connectivity index (χ0n) is 37.3. The quantitative estimate of drug-likeness (QED) is 0.0819. The van der Waals surface area contributed by atoms with Crippen LogP contribution in [-0.4, -0.2) is 96.4 Å². The zero-order valence-corrected chi connectivity index (χ0v) is 37.3. The standard InChI is InChI=1S/C42H63N3O12.CO2/c1-39(2,3)26-44(24-38(49)57-42(10,11)12)29-18-17-28(52-13)20-34(29)53-32-15-14-16-33(32)54-35-21-30(45(50)51)27(25-46)19-31(35)43(22-36(47)55-40(4,5)6)23-37(48)56-41(7,8)9;2-1-3/h17-21,32-33,46H,14-16,22-26H2,1-13H3;/t32-,33+;/m1./s1. The Labute approximate surface area is 352 Å². The van der Waals surface area contributed by atoms with Gasteiger partial charge in [-0.1, -0.05) is 20.8 Å². The lowest BCUT2D eigenvalue weighted by molar-refractivity contribution is -0.385. The van der Waals surface area contributed by atoms with Gasteiger partial charge in [-0.3, -0.25) is 24.5 Å². The van der Waals surface area contributed by atoms with Gasteiger partial charge in [0.05, 0.1) is 41.6 Å². The molecule has 1 fully saturated rings. The molecular formula is C43H63N3O14. The largest absolute Gasteiger partial charge is 0.497 e. The van der Waals surface area contributed by atoms with Gasteiger partial charge < -0.3 is 43.3 Å². The molecule has 1 aliphatic carbocycles. The van der Waals surface area contributed by atoms with Crippen molar-refractivity contribution in [3.05, 3.63) is 46.0 Å². The molecule has 0 aliphatic heterocycles. The lowest BCUT2D eigenvalue weighted by Crippen LogP contribution is -2.41. The first-order valence-electron chi connectivity index (χ1n) is 19.7. The monoisotopic (exact) mass is 845 g/mol. The van der Waals surface area contributed by atoms with E-state index < -0.39 is 77.2 Å². The van der Waals surface area contributed by atoms with Crippen molar-refractivity contribution >= 4 is 41.1 Å². The highest BCUT2D eigenvalue weighted by Crippen LogP contribution is 2.41. The van der Waals surface area contributed by atoms with E-state index in [0.29, 0.717) is 43.0 Å². The minimum absolute atomic E-state index is 0.00309. The predicted molar refractivity (Wildman–Crippen MR) is 221 cm³/mol. The van der Waals surface area contributed by atoms with E-state index in [-0.39, 0.29) is 35.1 Å². The zero-order chi connectivity index (χ0) is 45.8. The highest BCUT2D eigenvalue weighted by molar-refractivity contribution is 5.84. The summed E-state index contributed by atoms with van der Waals surface area (Å²) in [7, 11) is 1.54. The molecule has 1 saturated carbocycles. The number of benzene rings is 2. The van der Waals surface area contributed by atoms with Gasteiger partial charge in [-0.2, -0.15) is 9.59 Å². The van der Waals surface area contributed by atoms with Crippen LogP contribution in [0.1, 0.15) is 108 Å². The number of anilines is 2. The van der Waals surface area contributed by atoms with E-state index in [9.17, 15) is 29.6 Å². The number of aliphatic hydroxyl groups excluding tert-OH is 1. The topological polar surface area (TPSA) is 211 Å². The van der Waals surface area contributed by atoms with E-state index >= 15 is 0 Å². The van der Waals surface area contributed by atoms with Crippen molar-refractivity contribution in [1.82, 2.24) is 0 Å². The second-order valence-corrected chi connectivity index (χ2v) is 18.6. The number of nitrogens with zero attached hydrogens (tertiary/aromatic N) is 3. The molecule has 2 aromatic carbocycles. The molecule has 2 atom stereocenters. The molecular weight excluding hydrogens is 782 g/mol. The van der Waals surface area contributed by atoms with Gasteiger partial charge in [0, 0.05) is 12.6 Å². The van der Waals surface area contributed by atoms with Crippen LogP contribution in [0.15, 0.2) is 30.3 Å². The fraction of sp³-hybridized carbons (Fsp3) is 0.628. The number of nitro groups is 1. The summed E-state index contributed by atoms with van der Waals surface area (Å²) in [6.45, 7) is 20.8. The number of ether oxygens (including phenoxy) is 6. The average molecular weight is 846 g/mol. The van der Waals surface area contributed by atoms with Gasteiger partial charge in [0.1, 0.15) is 65.9 Å². The number of nitro benzene ring substituents is 1. The van der Waals surface area contributed by atoms with Crippen LogP contribution in [0.25, 0.3) is 0 Å². The second kappa shape index (κ2) is 21.2. The molecule has 1 aliphatic rings. The molecule has 0 unspecified atom stereocenters. The number of hydrogen-bond acceptors (Lipinski definition) is 16. The van der Waals surface area contributed by atoms with Crippen molar-refractivity contribution in [2.45, 2.75) is 138 Å². The maximum absolute atomic E-state index is 13.2. The van der Waals surface area contributed by atoms with Crippen LogP contribution in [0.3, 0.4) is 0 Å². The first-order chi connectivity index (χ1) is 27.6. The van der Waals surface area contributed by atoms with Crippen LogP contribution < -0.4 is 24.0 Å². The molecule has 0 spiro atoms. The number of carbonyl (C=O) groups excluding carboxylic acids is 5. The molecule has 60 heavy (non-hydrogen) atoms. The molecule has 0 aromatic heterocycles. The first kappa shape index (κ1) is 50.7. The number of aliphatic hydroxyl groups is 1. The molecule has 0 amide bonds. The molecule has 2 aromatic rings. The van der Waals surface area contributed by atoms with E-state index in [4.69, 9.17) is 38.0 Å².